The Morgan fingerprint density at radius 1 is 1.65 bits per heavy atom. The lowest BCUT2D eigenvalue weighted by Crippen LogP contribution is -2.18. The largest absolute Gasteiger partial charge is 0.409 e. The molecule has 20 heavy (non-hydrogen) atoms. The van der Waals surface area contributed by atoms with Gasteiger partial charge in [-0.3, -0.25) is 9.55 Å². The minimum Gasteiger partial charge on any atom is -0.409 e. The number of nitrogens with two attached hydrogens (primary N) is 1. The molecule has 0 aromatic carbocycles. The van der Waals surface area contributed by atoms with Gasteiger partial charge in [0.2, 0.25) is 0 Å². The maximum atomic E-state index is 11.6. The molecule has 2 aromatic rings. The van der Waals surface area contributed by atoms with Gasteiger partial charge in [0.15, 0.2) is 11.0 Å². The third-order valence-corrected chi connectivity index (χ3v) is 3.54. The van der Waals surface area contributed by atoms with Crippen molar-refractivity contribution >= 4 is 17.6 Å². The molecule has 106 valence electrons. The van der Waals surface area contributed by atoms with Crippen LogP contribution in [-0.4, -0.2) is 30.8 Å². The van der Waals surface area contributed by atoms with Gasteiger partial charge in [-0.2, -0.15) is 0 Å². The van der Waals surface area contributed by atoms with Gasteiger partial charge >= 0.3 is 5.69 Å². The van der Waals surface area contributed by atoms with E-state index in [1.807, 2.05) is 6.92 Å². The molecule has 0 saturated carbocycles. The summed E-state index contributed by atoms with van der Waals surface area (Å²) in [4.78, 5) is 16.3. The number of rotatable bonds is 5. The molecular formula is C11H14N6O2S. The molecule has 2 heterocycles. The van der Waals surface area contributed by atoms with E-state index in [-0.39, 0.29) is 11.5 Å². The average molecular weight is 294 g/mol. The maximum Gasteiger partial charge on any atom is 0.343 e. The Kier molecular flexibility index (Phi) is 4.41. The summed E-state index contributed by atoms with van der Waals surface area (Å²) in [6.45, 7) is 2.54. The van der Waals surface area contributed by atoms with Gasteiger partial charge in [0.05, 0.1) is 0 Å². The number of pyridine rings is 1. The lowest BCUT2D eigenvalue weighted by atomic mass is 10.3. The first kappa shape index (κ1) is 14.1. The van der Waals surface area contributed by atoms with Crippen LogP contribution >= 0.6 is 11.8 Å². The highest BCUT2D eigenvalue weighted by atomic mass is 32.2. The summed E-state index contributed by atoms with van der Waals surface area (Å²) >= 11 is 1.23. The summed E-state index contributed by atoms with van der Waals surface area (Å²) in [5.41, 5.74) is 5.66. The number of amidine groups is 1. The molecule has 0 atom stereocenters. The molecule has 0 fully saturated rings. The standard InChI is InChI=1S/C11H14N6O2S/c1-2-6-17-10(18)14-15-11(17)20-7-4-3-5-13-8(7)9(12)16-19/h3-5,19H,2,6H2,1H3,(H2,12,16)(H,14,18). The summed E-state index contributed by atoms with van der Waals surface area (Å²) in [6.07, 6.45) is 2.36. The van der Waals surface area contributed by atoms with Crippen molar-refractivity contribution < 1.29 is 5.21 Å². The number of nitrogens with one attached hydrogen (secondary N) is 1. The molecule has 8 nitrogen and oxygen atoms in total. The predicted octanol–water partition coefficient (Wildman–Crippen LogP) is 0.622. The van der Waals surface area contributed by atoms with Crippen molar-refractivity contribution in [3.05, 3.63) is 34.5 Å². The number of aromatic amines is 1. The molecule has 0 aliphatic carbocycles. The normalized spacial score (nSPS) is 11.8. The van der Waals surface area contributed by atoms with Crippen LogP contribution < -0.4 is 11.4 Å². The Labute approximate surface area is 118 Å². The Morgan fingerprint density at radius 2 is 2.45 bits per heavy atom. The van der Waals surface area contributed by atoms with Gasteiger partial charge in [-0.15, -0.1) is 5.10 Å². The highest BCUT2D eigenvalue weighted by Crippen LogP contribution is 2.27. The summed E-state index contributed by atoms with van der Waals surface area (Å²) in [6, 6.07) is 3.49. The molecular weight excluding hydrogens is 280 g/mol. The van der Waals surface area contributed by atoms with Crippen LogP contribution in [0.3, 0.4) is 0 Å². The van der Waals surface area contributed by atoms with E-state index in [0.29, 0.717) is 22.3 Å². The second kappa shape index (κ2) is 6.24. The smallest absolute Gasteiger partial charge is 0.343 e. The van der Waals surface area contributed by atoms with Crippen molar-refractivity contribution in [1.29, 1.82) is 0 Å². The van der Waals surface area contributed by atoms with E-state index in [0.717, 1.165) is 6.42 Å². The molecule has 0 aliphatic rings. The second-order valence-corrected chi connectivity index (χ2v) is 4.91. The number of hydrogen-bond acceptors (Lipinski definition) is 6. The van der Waals surface area contributed by atoms with Crippen LogP contribution in [-0.2, 0) is 6.54 Å². The predicted molar refractivity (Wildman–Crippen MR) is 74.0 cm³/mol. The summed E-state index contributed by atoms with van der Waals surface area (Å²) in [5.74, 6) is -0.0898. The van der Waals surface area contributed by atoms with Gasteiger partial charge in [0.25, 0.3) is 0 Å². The first-order valence-corrected chi connectivity index (χ1v) is 6.75. The molecule has 2 aromatic heterocycles. The van der Waals surface area contributed by atoms with Crippen molar-refractivity contribution in [1.82, 2.24) is 19.7 Å². The van der Waals surface area contributed by atoms with Crippen molar-refractivity contribution in [2.75, 3.05) is 0 Å². The minimum atomic E-state index is -0.261. The molecule has 0 unspecified atom stereocenters. The van der Waals surface area contributed by atoms with Crippen LogP contribution in [0.25, 0.3) is 0 Å². The number of nitrogens with zero attached hydrogens (tertiary/aromatic N) is 4. The van der Waals surface area contributed by atoms with Crippen LogP contribution in [0.1, 0.15) is 19.0 Å². The zero-order valence-corrected chi connectivity index (χ0v) is 11.6. The highest BCUT2D eigenvalue weighted by molar-refractivity contribution is 7.99. The number of aromatic nitrogens is 4. The SMILES string of the molecule is CCCn1c(Sc2cccnc2/C(N)=N/O)n[nH]c1=O. The Bertz CT molecular complexity index is 678. The monoisotopic (exact) mass is 294 g/mol. The number of oxime groups is 1. The van der Waals surface area contributed by atoms with Crippen molar-refractivity contribution in [3.8, 4) is 0 Å². The zero-order valence-electron chi connectivity index (χ0n) is 10.8. The van der Waals surface area contributed by atoms with Gasteiger partial charge < -0.3 is 10.9 Å². The van der Waals surface area contributed by atoms with Crippen molar-refractivity contribution in [2.24, 2.45) is 10.9 Å². The molecule has 4 N–H and O–H groups in total. The molecule has 0 saturated heterocycles. The van der Waals surface area contributed by atoms with Crippen LogP contribution in [0.4, 0.5) is 0 Å². The van der Waals surface area contributed by atoms with E-state index in [1.165, 1.54) is 16.3 Å². The Hall–Kier alpha value is -2.29. The quantitative estimate of drug-likeness (QED) is 0.321. The van der Waals surface area contributed by atoms with Gasteiger partial charge in [-0.05, 0) is 30.3 Å². The molecule has 0 aliphatic heterocycles. The second-order valence-electron chi connectivity index (χ2n) is 3.90. The fourth-order valence-electron chi connectivity index (χ4n) is 1.61. The van der Waals surface area contributed by atoms with Gasteiger partial charge in [0.1, 0.15) is 5.69 Å². The van der Waals surface area contributed by atoms with Crippen LogP contribution in [0, 0.1) is 0 Å². The first-order valence-electron chi connectivity index (χ1n) is 5.93. The van der Waals surface area contributed by atoms with Gasteiger partial charge in [0, 0.05) is 17.6 Å². The van der Waals surface area contributed by atoms with Crippen LogP contribution in [0.15, 0.2) is 38.3 Å². The van der Waals surface area contributed by atoms with Gasteiger partial charge in [-0.25, -0.2) is 9.89 Å². The lowest BCUT2D eigenvalue weighted by molar-refractivity contribution is 0.318. The summed E-state index contributed by atoms with van der Waals surface area (Å²) in [7, 11) is 0. The topological polar surface area (TPSA) is 122 Å². The number of H-pyrrole nitrogens is 1. The van der Waals surface area contributed by atoms with E-state index in [4.69, 9.17) is 10.9 Å². The molecule has 2 rings (SSSR count). The van der Waals surface area contributed by atoms with Crippen LogP contribution in [0.2, 0.25) is 0 Å². The fourth-order valence-corrected chi connectivity index (χ4v) is 2.59. The van der Waals surface area contributed by atoms with E-state index in [2.05, 4.69) is 20.3 Å². The molecule has 0 spiro atoms. The van der Waals surface area contributed by atoms with Crippen molar-refractivity contribution in [2.45, 2.75) is 29.9 Å². The first-order chi connectivity index (χ1) is 9.67. The minimum absolute atomic E-state index is 0.0898. The molecule has 9 heteroatoms. The third kappa shape index (κ3) is 2.82. The fraction of sp³-hybridized carbons (Fsp3) is 0.273. The molecule has 0 bridgehead atoms. The van der Waals surface area contributed by atoms with E-state index < -0.39 is 0 Å². The van der Waals surface area contributed by atoms with E-state index in [9.17, 15) is 4.79 Å². The molecule has 0 radical (unpaired) electrons. The Balaban J connectivity index is 2.38. The summed E-state index contributed by atoms with van der Waals surface area (Å²) < 4.78 is 1.54. The Morgan fingerprint density at radius 3 is 3.15 bits per heavy atom. The summed E-state index contributed by atoms with van der Waals surface area (Å²) in [5, 5.41) is 18.6. The lowest BCUT2D eigenvalue weighted by Gasteiger charge is -2.06. The number of hydrogen-bond donors (Lipinski definition) is 3. The highest BCUT2D eigenvalue weighted by Gasteiger charge is 2.14. The van der Waals surface area contributed by atoms with E-state index >= 15 is 0 Å². The van der Waals surface area contributed by atoms with E-state index in [1.54, 1.807) is 18.3 Å². The maximum absolute atomic E-state index is 11.6. The van der Waals surface area contributed by atoms with Gasteiger partial charge in [-0.1, -0.05) is 12.1 Å². The zero-order chi connectivity index (χ0) is 14.5. The van der Waals surface area contributed by atoms with Crippen LogP contribution in [0.5, 0.6) is 0 Å². The van der Waals surface area contributed by atoms with Crippen molar-refractivity contribution in [3.63, 3.8) is 0 Å². The third-order valence-electron chi connectivity index (χ3n) is 2.49. The average Bonchev–Trinajstić information content (AvgIpc) is 2.80. The molecule has 0 amide bonds.